The molecule has 0 amide bonds. The Morgan fingerprint density at radius 1 is 0.426 bits per heavy atom. The Morgan fingerprint density at radius 3 is 1.68 bits per heavy atom. The summed E-state index contributed by atoms with van der Waals surface area (Å²) in [5.41, 5.74) is 11.7. The Balaban J connectivity index is 1.37. The van der Waals surface area contributed by atoms with Crippen molar-refractivity contribution in [3.8, 4) is 22.3 Å². The van der Waals surface area contributed by atoms with E-state index in [4.69, 9.17) is 0 Å². The van der Waals surface area contributed by atoms with Crippen LogP contribution in [0.4, 0.5) is 17.1 Å². The summed E-state index contributed by atoms with van der Waals surface area (Å²) in [5.74, 6) is 0. The second-order valence-electron chi connectivity index (χ2n) is 13.3. The average Bonchev–Trinajstić information content (AvgIpc) is 3.56. The van der Waals surface area contributed by atoms with E-state index in [9.17, 15) is 0 Å². The summed E-state index contributed by atoms with van der Waals surface area (Å²) < 4.78 is 0. The molecule has 0 bridgehead atoms. The fourth-order valence-corrected chi connectivity index (χ4v) is 13.9. The van der Waals surface area contributed by atoms with Crippen molar-refractivity contribution in [1.82, 2.24) is 0 Å². The Kier molecular flexibility index (Phi) is 6.25. The number of hydrogen-bond donors (Lipinski definition) is 0. The molecule has 1 aliphatic heterocycles. The first kappa shape index (κ1) is 27.8. The molecule has 0 aromatic heterocycles. The molecule has 47 heavy (non-hydrogen) atoms. The molecule has 7 aromatic rings. The monoisotopic (exact) mass is 617 g/mol. The minimum Gasteiger partial charge on any atom is -0.311 e. The second-order valence-corrected chi connectivity index (χ2v) is 17.0. The van der Waals surface area contributed by atoms with Crippen LogP contribution in [0.25, 0.3) is 22.3 Å². The molecule has 2 aliphatic rings. The van der Waals surface area contributed by atoms with Crippen LogP contribution < -0.4 is 25.6 Å². The maximum atomic E-state index is 2.53. The lowest BCUT2D eigenvalue weighted by molar-refractivity contribution is 0.660. The van der Waals surface area contributed by atoms with Gasteiger partial charge in [-0.25, -0.2) is 0 Å². The Bertz CT molecular complexity index is 2230. The summed E-state index contributed by atoms with van der Waals surface area (Å²) in [6.45, 7) is 4.74. The average molecular weight is 618 g/mol. The number of anilines is 3. The first-order valence-corrected chi connectivity index (χ1v) is 18.5. The van der Waals surface area contributed by atoms with Crippen molar-refractivity contribution in [3.05, 3.63) is 187 Å². The van der Waals surface area contributed by atoms with Crippen molar-refractivity contribution >= 4 is 45.9 Å². The van der Waals surface area contributed by atoms with Gasteiger partial charge < -0.3 is 4.90 Å². The third-order valence-electron chi connectivity index (χ3n) is 10.5. The summed E-state index contributed by atoms with van der Waals surface area (Å²) in [6.07, 6.45) is 0. The summed E-state index contributed by atoms with van der Waals surface area (Å²) >= 11 is 0. The molecule has 0 saturated carbocycles. The lowest BCUT2D eigenvalue weighted by atomic mass is 9.82. The molecule has 0 atom stereocenters. The van der Waals surface area contributed by atoms with Crippen molar-refractivity contribution in [2.45, 2.75) is 19.3 Å². The highest BCUT2D eigenvalue weighted by atomic mass is 28.3. The molecule has 0 fully saturated rings. The molecule has 1 aliphatic carbocycles. The van der Waals surface area contributed by atoms with Gasteiger partial charge in [-0.2, -0.15) is 0 Å². The quantitative estimate of drug-likeness (QED) is 0.175. The van der Waals surface area contributed by atoms with Gasteiger partial charge in [-0.3, -0.25) is 0 Å². The van der Waals surface area contributed by atoms with E-state index >= 15 is 0 Å². The number of nitrogens with zero attached hydrogens (tertiary/aromatic N) is 1. The van der Waals surface area contributed by atoms with Crippen molar-refractivity contribution in [1.29, 1.82) is 0 Å². The van der Waals surface area contributed by atoms with Gasteiger partial charge in [0.25, 0.3) is 0 Å². The van der Waals surface area contributed by atoms with E-state index < -0.39 is 8.07 Å². The first-order valence-electron chi connectivity index (χ1n) is 16.5. The number of rotatable bonds is 5. The highest BCUT2D eigenvalue weighted by Crippen LogP contribution is 2.50. The summed E-state index contributed by atoms with van der Waals surface area (Å²) in [7, 11) is -2.74. The molecule has 0 radical (unpaired) electrons. The number of para-hydroxylation sites is 1. The highest BCUT2D eigenvalue weighted by molar-refractivity contribution is 7.22. The third kappa shape index (κ3) is 3.95. The van der Waals surface area contributed by atoms with E-state index in [1.165, 1.54) is 65.5 Å². The molecule has 0 unspecified atom stereocenters. The minimum absolute atomic E-state index is 0.0915. The van der Waals surface area contributed by atoms with E-state index in [1.54, 1.807) is 0 Å². The Hall–Kier alpha value is -5.44. The van der Waals surface area contributed by atoms with Gasteiger partial charge in [0.2, 0.25) is 0 Å². The van der Waals surface area contributed by atoms with E-state index in [0.29, 0.717) is 0 Å². The molecular formula is C45H35NSi. The van der Waals surface area contributed by atoms with Gasteiger partial charge in [0.05, 0.1) is 0 Å². The molecule has 9 rings (SSSR count). The van der Waals surface area contributed by atoms with E-state index in [1.807, 2.05) is 0 Å². The zero-order chi connectivity index (χ0) is 31.6. The lowest BCUT2D eigenvalue weighted by Gasteiger charge is -2.36. The van der Waals surface area contributed by atoms with Crippen LogP contribution in [-0.2, 0) is 5.41 Å². The molecule has 0 saturated heterocycles. The van der Waals surface area contributed by atoms with Crippen molar-refractivity contribution in [2.24, 2.45) is 0 Å². The maximum absolute atomic E-state index is 2.74. The van der Waals surface area contributed by atoms with Gasteiger partial charge in [-0.05, 0) is 84.5 Å². The molecule has 2 heteroatoms. The molecule has 224 valence electrons. The second kappa shape index (κ2) is 10.6. The zero-order valence-electron chi connectivity index (χ0n) is 26.7. The van der Waals surface area contributed by atoms with Gasteiger partial charge in [-0.15, -0.1) is 0 Å². The first-order chi connectivity index (χ1) is 23.1. The van der Waals surface area contributed by atoms with Crippen LogP contribution in [0.1, 0.15) is 25.0 Å². The van der Waals surface area contributed by atoms with Crippen molar-refractivity contribution < 1.29 is 0 Å². The van der Waals surface area contributed by atoms with Gasteiger partial charge in [0, 0.05) is 22.5 Å². The molecule has 0 N–H and O–H groups in total. The predicted octanol–water partition coefficient (Wildman–Crippen LogP) is 8.82. The van der Waals surface area contributed by atoms with Crippen LogP contribution in [0.3, 0.4) is 0 Å². The van der Waals surface area contributed by atoms with E-state index in [2.05, 4.69) is 195 Å². The zero-order valence-corrected chi connectivity index (χ0v) is 27.7. The predicted molar refractivity (Wildman–Crippen MR) is 201 cm³/mol. The topological polar surface area (TPSA) is 3.24 Å². The molecule has 1 nitrogen and oxygen atoms in total. The van der Waals surface area contributed by atoms with Gasteiger partial charge in [-0.1, -0.05) is 159 Å². The lowest BCUT2D eigenvalue weighted by Crippen LogP contribution is -2.73. The summed E-state index contributed by atoms with van der Waals surface area (Å²) in [4.78, 5) is 2.53. The van der Waals surface area contributed by atoms with Gasteiger partial charge >= 0.3 is 0 Å². The SMILES string of the molecule is CC1(C)c2ccccc2-c2ccc(N(c3ccccc3)c3cccc4c3[Si](c3ccccc3)(c3ccccc3)c3ccccc3-4)cc21. The fourth-order valence-electron chi connectivity index (χ4n) is 8.50. The normalized spacial score (nSPS) is 14.5. The van der Waals surface area contributed by atoms with Crippen LogP contribution >= 0.6 is 0 Å². The van der Waals surface area contributed by atoms with Crippen LogP contribution in [0.2, 0.25) is 0 Å². The Labute approximate surface area is 278 Å². The van der Waals surface area contributed by atoms with Crippen LogP contribution in [0.15, 0.2) is 176 Å². The maximum Gasteiger partial charge on any atom is 0.183 e. The molecule has 1 heterocycles. The summed E-state index contributed by atoms with van der Waals surface area (Å²) in [5, 5.41) is 5.72. The standard InChI is InChI=1S/C45H35NSi/c1-45(2)40-26-14-12-23-36(40)37-30-29-33(31-41(37)45)46(32-17-6-3-7-18-32)42-27-16-25-39-38-24-13-15-28-43(38)47(44(39)42,34-19-8-4-9-20-34)35-21-10-5-11-22-35/h3-31H,1-2H3. The van der Waals surface area contributed by atoms with E-state index in [-0.39, 0.29) is 5.41 Å². The molecular weight excluding hydrogens is 583 g/mol. The molecule has 0 spiro atoms. The Morgan fingerprint density at radius 2 is 0.979 bits per heavy atom. The highest BCUT2D eigenvalue weighted by Gasteiger charge is 2.50. The van der Waals surface area contributed by atoms with Gasteiger partial charge in [0.1, 0.15) is 0 Å². The molecule has 7 aromatic carbocycles. The minimum atomic E-state index is -2.74. The van der Waals surface area contributed by atoms with Crippen LogP contribution in [0, 0.1) is 0 Å². The fraction of sp³-hybridized carbons (Fsp3) is 0.0667. The number of hydrogen-bond acceptors (Lipinski definition) is 1. The summed E-state index contributed by atoms with van der Waals surface area (Å²) in [6, 6.07) is 65.7. The smallest absolute Gasteiger partial charge is 0.183 e. The number of fused-ring (bicyclic) bond motifs is 6. The third-order valence-corrected chi connectivity index (χ3v) is 15.5. The largest absolute Gasteiger partial charge is 0.311 e. The van der Waals surface area contributed by atoms with E-state index in [0.717, 1.165) is 5.69 Å². The van der Waals surface area contributed by atoms with Crippen LogP contribution in [-0.4, -0.2) is 8.07 Å². The van der Waals surface area contributed by atoms with Crippen molar-refractivity contribution in [3.63, 3.8) is 0 Å². The van der Waals surface area contributed by atoms with Crippen LogP contribution in [0.5, 0.6) is 0 Å². The van der Waals surface area contributed by atoms with Gasteiger partial charge in [0.15, 0.2) is 8.07 Å². The number of benzene rings is 7. The van der Waals surface area contributed by atoms with Crippen molar-refractivity contribution in [2.75, 3.05) is 4.90 Å².